The van der Waals surface area contributed by atoms with Crippen molar-refractivity contribution in [3.05, 3.63) is 53.7 Å². The number of aromatic nitrogens is 2. The first-order chi connectivity index (χ1) is 11.3. The van der Waals surface area contributed by atoms with E-state index < -0.39 is 0 Å². The first-order valence-electron chi connectivity index (χ1n) is 8.09. The van der Waals surface area contributed by atoms with Gasteiger partial charge in [0.15, 0.2) is 5.82 Å². The fraction of sp³-hybridized carbons (Fsp3) is 0.263. The Bertz CT molecular complexity index is 824. The number of benzene rings is 2. The minimum atomic E-state index is 0.505. The van der Waals surface area contributed by atoms with Gasteiger partial charge in [0, 0.05) is 29.7 Å². The number of fused-ring (bicyclic) bond motifs is 1. The normalized spacial score (nSPS) is 15.1. The zero-order chi connectivity index (χ0) is 15.6. The van der Waals surface area contributed by atoms with E-state index in [1.54, 1.807) is 0 Å². The van der Waals surface area contributed by atoms with Crippen LogP contribution in [0.4, 0.5) is 5.69 Å². The number of hydrogen-bond acceptors (Lipinski definition) is 3. The molecule has 4 heteroatoms. The lowest BCUT2D eigenvalue weighted by Crippen LogP contribution is -2.29. The molecule has 1 aromatic heterocycles. The van der Waals surface area contributed by atoms with E-state index in [1.807, 2.05) is 24.3 Å². The minimum absolute atomic E-state index is 0.505. The van der Waals surface area contributed by atoms with E-state index in [2.05, 4.69) is 39.1 Å². The van der Waals surface area contributed by atoms with Gasteiger partial charge in [0.05, 0.1) is 5.52 Å². The van der Waals surface area contributed by atoms with Crippen LogP contribution in [-0.2, 0) is 0 Å². The average molecular weight is 324 g/mol. The summed E-state index contributed by atoms with van der Waals surface area (Å²) in [6, 6.07) is 16.3. The van der Waals surface area contributed by atoms with Gasteiger partial charge in [-0.3, -0.25) is 0 Å². The van der Waals surface area contributed by atoms with Crippen molar-refractivity contribution in [3.8, 4) is 11.4 Å². The quantitative estimate of drug-likeness (QED) is 0.625. The molecule has 0 amide bonds. The summed E-state index contributed by atoms with van der Waals surface area (Å²) in [4.78, 5) is 11.5. The molecule has 0 radical (unpaired) electrons. The number of nitrogens with zero attached hydrogens (tertiary/aromatic N) is 3. The fourth-order valence-electron chi connectivity index (χ4n) is 3.14. The summed E-state index contributed by atoms with van der Waals surface area (Å²) in [5.74, 6) is 0.680. The molecule has 23 heavy (non-hydrogen) atoms. The third kappa shape index (κ3) is 2.89. The van der Waals surface area contributed by atoms with Gasteiger partial charge in [-0.25, -0.2) is 9.97 Å². The average Bonchev–Trinajstić information content (AvgIpc) is 2.63. The van der Waals surface area contributed by atoms with Crippen molar-refractivity contribution < 1.29 is 0 Å². The minimum Gasteiger partial charge on any atom is -0.372 e. The van der Waals surface area contributed by atoms with E-state index in [9.17, 15) is 0 Å². The molecule has 0 atom stereocenters. The SMILES string of the molecule is Clc1nc(-c2ccc(N3CCCCC3)cc2)nc2ccccc12. The highest BCUT2D eigenvalue weighted by molar-refractivity contribution is 6.34. The maximum Gasteiger partial charge on any atom is 0.161 e. The predicted octanol–water partition coefficient (Wildman–Crippen LogP) is 4.94. The van der Waals surface area contributed by atoms with E-state index in [0.717, 1.165) is 29.6 Å². The molecule has 2 aromatic carbocycles. The second-order valence-electron chi connectivity index (χ2n) is 5.95. The summed E-state index contributed by atoms with van der Waals surface area (Å²) < 4.78 is 0. The molecule has 2 heterocycles. The first-order valence-corrected chi connectivity index (χ1v) is 8.47. The Morgan fingerprint density at radius 1 is 0.826 bits per heavy atom. The van der Waals surface area contributed by atoms with Gasteiger partial charge in [-0.05, 0) is 55.7 Å². The summed E-state index contributed by atoms with van der Waals surface area (Å²) in [5.41, 5.74) is 3.15. The Kier molecular flexibility index (Phi) is 3.88. The van der Waals surface area contributed by atoms with Crippen LogP contribution in [0.25, 0.3) is 22.3 Å². The van der Waals surface area contributed by atoms with E-state index in [0.29, 0.717) is 11.0 Å². The van der Waals surface area contributed by atoms with Crippen molar-refractivity contribution in [2.75, 3.05) is 18.0 Å². The predicted molar refractivity (Wildman–Crippen MR) is 96.0 cm³/mol. The van der Waals surface area contributed by atoms with Crippen molar-refractivity contribution in [1.82, 2.24) is 9.97 Å². The second kappa shape index (κ2) is 6.17. The van der Waals surface area contributed by atoms with Crippen molar-refractivity contribution in [2.45, 2.75) is 19.3 Å². The van der Waals surface area contributed by atoms with Crippen molar-refractivity contribution in [2.24, 2.45) is 0 Å². The summed E-state index contributed by atoms with van der Waals surface area (Å²) in [5, 5.41) is 1.40. The summed E-state index contributed by atoms with van der Waals surface area (Å²) in [6.07, 6.45) is 3.91. The zero-order valence-electron chi connectivity index (χ0n) is 12.9. The summed E-state index contributed by atoms with van der Waals surface area (Å²) in [7, 11) is 0. The lowest BCUT2D eigenvalue weighted by molar-refractivity contribution is 0.578. The molecule has 0 spiro atoms. The molecule has 1 aliphatic rings. The summed E-state index contributed by atoms with van der Waals surface area (Å²) >= 11 is 6.31. The van der Waals surface area contributed by atoms with Crippen molar-refractivity contribution in [1.29, 1.82) is 0 Å². The molecule has 3 nitrogen and oxygen atoms in total. The van der Waals surface area contributed by atoms with Gasteiger partial charge in [0.1, 0.15) is 5.15 Å². The van der Waals surface area contributed by atoms with Crippen LogP contribution < -0.4 is 4.90 Å². The Hall–Kier alpha value is -2.13. The Morgan fingerprint density at radius 2 is 1.57 bits per heavy atom. The number of halogens is 1. The highest BCUT2D eigenvalue weighted by Crippen LogP contribution is 2.27. The Labute approximate surface area is 140 Å². The van der Waals surface area contributed by atoms with E-state index in [1.165, 1.54) is 24.9 Å². The number of rotatable bonds is 2. The molecule has 4 rings (SSSR count). The maximum atomic E-state index is 6.31. The van der Waals surface area contributed by atoms with Crippen LogP contribution in [0.2, 0.25) is 5.15 Å². The molecule has 0 aliphatic carbocycles. The highest BCUT2D eigenvalue weighted by Gasteiger charge is 2.12. The van der Waals surface area contributed by atoms with Gasteiger partial charge in [-0.15, -0.1) is 0 Å². The van der Waals surface area contributed by atoms with Crippen LogP contribution in [0.1, 0.15) is 19.3 Å². The van der Waals surface area contributed by atoms with Gasteiger partial charge >= 0.3 is 0 Å². The van der Waals surface area contributed by atoms with E-state index in [4.69, 9.17) is 11.6 Å². The Morgan fingerprint density at radius 3 is 2.35 bits per heavy atom. The van der Waals surface area contributed by atoms with Gasteiger partial charge in [0.2, 0.25) is 0 Å². The lowest BCUT2D eigenvalue weighted by Gasteiger charge is -2.28. The number of anilines is 1. The molecular formula is C19H18ClN3. The van der Waals surface area contributed by atoms with Gasteiger partial charge < -0.3 is 4.90 Å². The smallest absolute Gasteiger partial charge is 0.161 e. The Balaban J connectivity index is 1.67. The van der Waals surface area contributed by atoms with Crippen molar-refractivity contribution in [3.63, 3.8) is 0 Å². The van der Waals surface area contributed by atoms with Crippen LogP contribution >= 0.6 is 11.6 Å². The van der Waals surface area contributed by atoms with Crippen LogP contribution in [0.5, 0.6) is 0 Å². The number of hydrogen-bond donors (Lipinski definition) is 0. The topological polar surface area (TPSA) is 29.0 Å². The maximum absolute atomic E-state index is 6.31. The third-order valence-electron chi connectivity index (χ3n) is 4.40. The molecular weight excluding hydrogens is 306 g/mol. The monoisotopic (exact) mass is 323 g/mol. The van der Waals surface area contributed by atoms with Gasteiger partial charge in [0.25, 0.3) is 0 Å². The highest BCUT2D eigenvalue weighted by atomic mass is 35.5. The summed E-state index contributed by atoms with van der Waals surface area (Å²) in [6.45, 7) is 2.30. The van der Waals surface area contributed by atoms with Crippen LogP contribution in [0.15, 0.2) is 48.5 Å². The number of para-hydroxylation sites is 1. The van der Waals surface area contributed by atoms with Crippen LogP contribution in [-0.4, -0.2) is 23.1 Å². The molecule has 1 fully saturated rings. The first kappa shape index (κ1) is 14.5. The molecule has 0 unspecified atom stereocenters. The molecule has 0 bridgehead atoms. The standard InChI is InChI=1S/C19H18ClN3/c20-18-16-6-2-3-7-17(16)21-19(22-18)14-8-10-15(11-9-14)23-12-4-1-5-13-23/h2-3,6-11H,1,4-5,12-13H2. The largest absolute Gasteiger partial charge is 0.372 e. The third-order valence-corrected chi connectivity index (χ3v) is 4.69. The van der Waals surface area contributed by atoms with Crippen LogP contribution in [0, 0.1) is 0 Å². The molecule has 0 N–H and O–H groups in total. The van der Waals surface area contributed by atoms with Crippen LogP contribution in [0.3, 0.4) is 0 Å². The fourth-order valence-corrected chi connectivity index (χ4v) is 3.38. The molecule has 1 aliphatic heterocycles. The molecule has 3 aromatic rings. The number of piperidine rings is 1. The van der Waals surface area contributed by atoms with Crippen molar-refractivity contribution >= 4 is 28.2 Å². The lowest BCUT2D eigenvalue weighted by atomic mass is 10.1. The second-order valence-corrected chi connectivity index (χ2v) is 6.31. The van der Waals surface area contributed by atoms with E-state index >= 15 is 0 Å². The van der Waals surface area contributed by atoms with E-state index in [-0.39, 0.29) is 0 Å². The molecule has 0 saturated carbocycles. The van der Waals surface area contributed by atoms with Gasteiger partial charge in [-0.2, -0.15) is 0 Å². The van der Waals surface area contributed by atoms with Gasteiger partial charge in [-0.1, -0.05) is 23.7 Å². The molecule has 116 valence electrons. The molecule has 1 saturated heterocycles. The zero-order valence-corrected chi connectivity index (χ0v) is 13.6.